The van der Waals surface area contributed by atoms with Gasteiger partial charge in [0.1, 0.15) is 6.73 Å². The summed E-state index contributed by atoms with van der Waals surface area (Å²) in [7, 11) is 0. The van der Waals surface area contributed by atoms with Gasteiger partial charge in [-0.2, -0.15) is 4.63 Å². The molecule has 1 atom stereocenters. The molecule has 0 spiro atoms. The Bertz CT molecular complexity index is 525. The molecule has 0 bridgehead atoms. The number of fused-ring (bicyclic) bond motifs is 1. The molecule has 6 nitrogen and oxygen atoms in total. The van der Waals surface area contributed by atoms with Gasteiger partial charge in [0.25, 0.3) is 0 Å². The van der Waals surface area contributed by atoms with Gasteiger partial charge >= 0.3 is 0 Å². The smallest absolute Gasteiger partial charge is 0.175 e. The van der Waals surface area contributed by atoms with Crippen molar-refractivity contribution in [3.05, 3.63) is 29.9 Å². The van der Waals surface area contributed by atoms with E-state index < -0.39 is 0 Å². The normalized spacial score (nSPS) is 12.8. The monoisotopic (exact) mass is 263 g/mol. The molecule has 2 aromatic rings. The maximum Gasteiger partial charge on any atom is 0.175 e. The number of H-pyrrole nitrogens is 1. The lowest BCUT2D eigenvalue weighted by Crippen LogP contribution is -2.20. The van der Waals surface area contributed by atoms with E-state index in [0.29, 0.717) is 12.6 Å². The summed E-state index contributed by atoms with van der Waals surface area (Å²) in [6.45, 7) is 11.0. The van der Waals surface area contributed by atoms with Crippen LogP contribution in [0.2, 0.25) is 0 Å². The van der Waals surface area contributed by atoms with Crippen molar-refractivity contribution in [3.63, 3.8) is 0 Å². The summed E-state index contributed by atoms with van der Waals surface area (Å²) < 4.78 is 6.95. The Kier molecular flexibility index (Phi) is 4.21. The Labute approximate surface area is 112 Å². The van der Waals surface area contributed by atoms with Crippen LogP contribution in [0.3, 0.4) is 0 Å². The van der Waals surface area contributed by atoms with Crippen LogP contribution >= 0.6 is 0 Å². The third-order valence-corrected chi connectivity index (χ3v) is 2.89. The quantitative estimate of drug-likeness (QED) is 0.455. The minimum Gasteiger partial charge on any atom is -0.484 e. The van der Waals surface area contributed by atoms with Crippen LogP contribution in [0.25, 0.3) is 5.65 Å². The molecule has 19 heavy (non-hydrogen) atoms. The summed E-state index contributed by atoms with van der Waals surface area (Å²) in [6.07, 6.45) is 0.964. The second-order valence-corrected chi connectivity index (χ2v) is 4.86. The van der Waals surface area contributed by atoms with Gasteiger partial charge in [-0.15, -0.1) is 5.10 Å². The van der Waals surface area contributed by atoms with E-state index in [-0.39, 0.29) is 0 Å². The van der Waals surface area contributed by atoms with Gasteiger partial charge in [0.05, 0.1) is 5.76 Å². The predicted octanol–water partition coefficient (Wildman–Crippen LogP) is 1.96. The molecule has 0 radical (unpaired) electrons. The van der Waals surface area contributed by atoms with Crippen LogP contribution in [-0.2, 0) is 4.74 Å². The second-order valence-electron chi connectivity index (χ2n) is 4.86. The summed E-state index contributed by atoms with van der Waals surface area (Å²) >= 11 is 0. The third-order valence-electron chi connectivity index (χ3n) is 2.89. The molecule has 0 aliphatic rings. The fourth-order valence-corrected chi connectivity index (χ4v) is 1.81. The highest BCUT2D eigenvalue weighted by Gasteiger charge is 2.12. The first-order valence-electron chi connectivity index (χ1n) is 6.47. The summed E-state index contributed by atoms with van der Waals surface area (Å²) in [4.78, 5) is 4.51. The van der Waals surface area contributed by atoms with Gasteiger partial charge < -0.3 is 4.74 Å². The van der Waals surface area contributed by atoms with Crippen molar-refractivity contribution in [2.24, 2.45) is 0 Å². The molecule has 2 rings (SSSR count). The highest BCUT2D eigenvalue weighted by atomic mass is 16.5. The van der Waals surface area contributed by atoms with E-state index >= 15 is 0 Å². The van der Waals surface area contributed by atoms with Crippen molar-refractivity contribution in [3.8, 4) is 0 Å². The molecule has 0 aromatic carbocycles. The fourth-order valence-electron chi connectivity index (χ4n) is 1.81. The van der Waals surface area contributed by atoms with E-state index in [2.05, 4.69) is 34.0 Å². The zero-order valence-corrected chi connectivity index (χ0v) is 11.7. The zero-order valence-electron chi connectivity index (χ0n) is 11.7. The number of hydrogen-bond donors (Lipinski definition) is 2. The van der Waals surface area contributed by atoms with Crippen molar-refractivity contribution >= 4 is 5.65 Å². The molecule has 2 heterocycles. The van der Waals surface area contributed by atoms with E-state index in [0.717, 1.165) is 35.9 Å². The molecule has 0 saturated carbocycles. The van der Waals surface area contributed by atoms with E-state index in [9.17, 15) is 0 Å². The van der Waals surface area contributed by atoms with Gasteiger partial charge in [-0.3, -0.25) is 10.4 Å². The van der Waals surface area contributed by atoms with Crippen LogP contribution < -0.4 is 5.32 Å². The summed E-state index contributed by atoms with van der Waals surface area (Å²) in [5.74, 6) is 1.90. The lowest BCUT2D eigenvalue weighted by atomic mass is 10.1. The van der Waals surface area contributed by atoms with Gasteiger partial charge in [-0.25, -0.2) is 4.98 Å². The number of aryl methyl sites for hydroxylation is 1. The standard InChI is InChI=1S/C13H21N5O/c1-9(2)19-8-14-6-5-10(3)13-15-12-7-11(4)16-18(12)17-13/h7,10,14,16H,1,5-6,8H2,2-4H3. The molecule has 104 valence electrons. The highest BCUT2D eigenvalue weighted by Crippen LogP contribution is 2.15. The maximum atomic E-state index is 5.23. The Morgan fingerprint density at radius 3 is 3.11 bits per heavy atom. The van der Waals surface area contributed by atoms with Crippen LogP contribution in [0.4, 0.5) is 0 Å². The molecular weight excluding hydrogens is 242 g/mol. The summed E-state index contributed by atoms with van der Waals surface area (Å²) in [6, 6.07) is 1.99. The first kappa shape index (κ1) is 13.6. The van der Waals surface area contributed by atoms with Crippen molar-refractivity contribution < 1.29 is 4.74 Å². The molecule has 0 saturated heterocycles. The number of allylic oxidation sites excluding steroid dienone is 1. The number of rotatable bonds is 7. The molecule has 0 fully saturated rings. The zero-order chi connectivity index (χ0) is 13.8. The first-order valence-corrected chi connectivity index (χ1v) is 6.47. The Morgan fingerprint density at radius 2 is 2.42 bits per heavy atom. The number of aromatic amines is 1. The highest BCUT2D eigenvalue weighted by molar-refractivity contribution is 5.38. The van der Waals surface area contributed by atoms with Gasteiger partial charge in [0, 0.05) is 17.7 Å². The molecule has 1 unspecified atom stereocenters. The van der Waals surface area contributed by atoms with E-state index in [4.69, 9.17) is 4.74 Å². The van der Waals surface area contributed by atoms with Gasteiger partial charge in [0.2, 0.25) is 0 Å². The van der Waals surface area contributed by atoms with E-state index in [1.807, 2.05) is 19.9 Å². The van der Waals surface area contributed by atoms with Gasteiger partial charge in [0.15, 0.2) is 11.5 Å². The number of hydrogen-bond acceptors (Lipinski definition) is 4. The topological polar surface area (TPSA) is 67.2 Å². The fraction of sp³-hybridized carbons (Fsp3) is 0.538. The molecule has 0 amide bonds. The lowest BCUT2D eigenvalue weighted by Gasteiger charge is -2.09. The lowest BCUT2D eigenvalue weighted by molar-refractivity contribution is 0.190. The maximum absolute atomic E-state index is 5.23. The Balaban J connectivity index is 1.80. The average Bonchev–Trinajstić information content (AvgIpc) is 2.84. The van der Waals surface area contributed by atoms with Crippen LogP contribution in [-0.4, -0.2) is 33.1 Å². The molecule has 2 N–H and O–H groups in total. The van der Waals surface area contributed by atoms with Crippen molar-refractivity contribution in [2.45, 2.75) is 33.1 Å². The SMILES string of the molecule is C=C(C)OCNCCC(C)c1nc2cc(C)[nH]n2n1. The number of ether oxygens (including phenoxy) is 1. The second kappa shape index (κ2) is 5.88. The molecule has 0 aliphatic carbocycles. The number of aromatic nitrogens is 4. The molecule has 2 aromatic heterocycles. The summed E-state index contributed by atoms with van der Waals surface area (Å²) in [5, 5.41) is 10.8. The number of nitrogens with one attached hydrogen (secondary N) is 2. The molecular formula is C13H21N5O. The van der Waals surface area contributed by atoms with Crippen molar-refractivity contribution in [1.29, 1.82) is 0 Å². The van der Waals surface area contributed by atoms with Crippen LogP contribution in [0.1, 0.15) is 37.7 Å². The van der Waals surface area contributed by atoms with Gasteiger partial charge in [-0.05, 0) is 26.8 Å². The molecule has 6 heteroatoms. The van der Waals surface area contributed by atoms with Crippen LogP contribution in [0.15, 0.2) is 18.4 Å². The predicted molar refractivity (Wildman–Crippen MR) is 73.9 cm³/mol. The third kappa shape index (κ3) is 3.57. The average molecular weight is 263 g/mol. The van der Waals surface area contributed by atoms with Gasteiger partial charge in [-0.1, -0.05) is 13.5 Å². The Morgan fingerprint density at radius 1 is 1.63 bits per heavy atom. The van der Waals surface area contributed by atoms with Crippen LogP contribution in [0, 0.1) is 6.92 Å². The first-order chi connectivity index (χ1) is 9.06. The Hall–Kier alpha value is -1.82. The van der Waals surface area contributed by atoms with E-state index in [1.54, 1.807) is 4.63 Å². The van der Waals surface area contributed by atoms with Crippen molar-refractivity contribution in [1.82, 2.24) is 25.1 Å². The van der Waals surface area contributed by atoms with Crippen molar-refractivity contribution in [2.75, 3.05) is 13.3 Å². The number of nitrogens with zero attached hydrogens (tertiary/aromatic N) is 3. The molecule has 0 aliphatic heterocycles. The summed E-state index contributed by atoms with van der Waals surface area (Å²) in [5.41, 5.74) is 1.94. The van der Waals surface area contributed by atoms with E-state index in [1.165, 1.54) is 0 Å². The minimum atomic E-state index is 0.311. The largest absolute Gasteiger partial charge is 0.484 e. The minimum absolute atomic E-state index is 0.311. The van der Waals surface area contributed by atoms with Crippen LogP contribution in [0.5, 0.6) is 0 Å².